The smallest absolute Gasteiger partial charge is 0.246 e. The lowest BCUT2D eigenvalue weighted by Gasteiger charge is -2.35. The van der Waals surface area contributed by atoms with Crippen molar-refractivity contribution >= 4 is 23.4 Å². The highest BCUT2D eigenvalue weighted by Crippen LogP contribution is 2.35. The standard InChI is InChI=1S/C14H20N2OS/c1-3-8-14(2,15)13(17)16-9-10-18-12-7-5-4-6-11(12)16/h4-7H,3,8-10,15H2,1-2H3. The summed E-state index contributed by atoms with van der Waals surface area (Å²) in [5.74, 6) is 0.974. The summed E-state index contributed by atoms with van der Waals surface area (Å²) < 4.78 is 0. The van der Waals surface area contributed by atoms with Gasteiger partial charge >= 0.3 is 0 Å². The lowest BCUT2D eigenvalue weighted by Crippen LogP contribution is -2.54. The minimum Gasteiger partial charge on any atom is -0.318 e. The van der Waals surface area contributed by atoms with Gasteiger partial charge < -0.3 is 10.6 Å². The van der Waals surface area contributed by atoms with Crippen LogP contribution < -0.4 is 10.6 Å². The SMILES string of the molecule is CCCC(C)(N)C(=O)N1CCSc2ccccc21. The fourth-order valence-corrected chi connectivity index (χ4v) is 3.31. The highest BCUT2D eigenvalue weighted by atomic mass is 32.2. The number of hydrogen-bond acceptors (Lipinski definition) is 3. The summed E-state index contributed by atoms with van der Waals surface area (Å²) >= 11 is 1.80. The molecule has 1 unspecified atom stereocenters. The number of para-hydroxylation sites is 1. The van der Waals surface area contributed by atoms with Crippen LogP contribution in [0.15, 0.2) is 29.2 Å². The number of fused-ring (bicyclic) bond motifs is 1. The Morgan fingerprint density at radius 1 is 1.50 bits per heavy atom. The maximum Gasteiger partial charge on any atom is 0.246 e. The molecule has 0 saturated carbocycles. The molecule has 1 aliphatic heterocycles. The van der Waals surface area contributed by atoms with Crippen LogP contribution in [-0.2, 0) is 4.79 Å². The second kappa shape index (κ2) is 5.33. The summed E-state index contributed by atoms with van der Waals surface area (Å²) in [6.07, 6.45) is 1.64. The lowest BCUT2D eigenvalue weighted by molar-refractivity contribution is -0.123. The Labute approximate surface area is 113 Å². The van der Waals surface area contributed by atoms with E-state index in [9.17, 15) is 4.79 Å². The number of thioether (sulfide) groups is 1. The molecule has 0 saturated heterocycles. The van der Waals surface area contributed by atoms with E-state index < -0.39 is 5.54 Å². The number of hydrogen-bond donors (Lipinski definition) is 1. The Morgan fingerprint density at radius 2 is 2.22 bits per heavy atom. The normalized spacial score (nSPS) is 18.1. The summed E-state index contributed by atoms with van der Waals surface area (Å²) in [5.41, 5.74) is 6.41. The molecule has 0 aromatic heterocycles. The first kappa shape index (κ1) is 13.4. The highest BCUT2D eigenvalue weighted by molar-refractivity contribution is 7.99. The van der Waals surface area contributed by atoms with Crippen molar-refractivity contribution in [2.24, 2.45) is 5.73 Å². The van der Waals surface area contributed by atoms with Gasteiger partial charge in [0.25, 0.3) is 0 Å². The van der Waals surface area contributed by atoms with Gasteiger partial charge in [-0.2, -0.15) is 0 Å². The molecular formula is C14H20N2OS. The zero-order valence-corrected chi connectivity index (χ0v) is 11.8. The first-order valence-corrected chi connectivity index (χ1v) is 7.37. The van der Waals surface area contributed by atoms with Gasteiger partial charge in [0.1, 0.15) is 0 Å². The Balaban J connectivity index is 2.28. The van der Waals surface area contributed by atoms with E-state index in [0.717, 1.165) is 30.8 Å². The van der Waals surface area contributed by atoms with Crippen LogP contribution in [-0.4, -0.2) is 23.7 Å². The van der Waals surface area contributed by atoms with Gasteiger partial charge in [0, 0.05) is 17.2 Å². The van der Waals surface area contributed by atoms with Crippen LogP contribution in [0.3, 0.4) is 0 Å². The van der Waals surface area contributed by atoms with Crippen LogP contribution in [0.1, 0.15) is 26.7 Å². The zero-order valence-electron chi connectivity index (χ0n) is 11.0. The Hall–Kier alpha value is -1.00. The third-order valence-electron chi connectivity index (χ3n) is 3.23. The largest absolute Gasteiger partial charge is 0.318 e. The third kappa shape index (κ3) is 2.54. The minimum atomic E-state index is -0.760. The zero-order chi connectivity index (χ0) is 13.2. The van der Waals surface area contributed by atoms with E-state index in [1.165, 1.54) is 4.90 Å². The Bertz CT molecular complexity index is 445. The molecule has 0 aliphatic carbocycles. The maximum absolute atomic E-state index is 12.6. The van der Waals surface area contributed by atoms with Crippen LogP contribution in [0, 0.1) is 0 Å². The maximum atomic E-state index is 12.6. The second-order valence-electron chi connectivity index (χ2n) is 4.94. The van der Waals surface area contributed by atoms with E-state index in [1.807, 2.05) is 30.0 Å². The van der Waals surface area contributed by atoms with E-state index in [-0.39, 0.29) is 5.91 Å². The Kier molecular flexibility index (Phi) is 3.97. The van der Waals surface area contributed by atoms with Crippen molar-refractivity contribution in [3.63, 3.8) is 0 Å². The summed E-state index contributed by atoms with van der Waals surface area (Å²) in [7, 11) is 0. The van der Waals surface area contributed by atoms with Crippen LogP contribution in [0.25, 0.3) is 0 Å². The molecule has 0 bridgehead atoms. The molecule has 2 N–H and O–H groups in total. The highest BCUT2D eigenvalue weighted by Gasteiger charge is 2.34. The van der Waals surface area contributed by atoms with E-state index in [1.54, 1.807) is 11.8 Å². The monoisotopic (exact) mass is 264 g/mol. The molecule has 18 heavy (non-hydrogen) atoms. The van der Waals surface area contributed by atoms with Crippen molar-refractivity contribution in [2.75, 3.05) is 17.2 Å². The van der Waals surface area contributed by atoms with Gasteiger partial charge in [-0.25, -0.2) is 0 Å². The van der Waals surface area contributed by atoms with Gasteiger partial charge in [0.15, 0.2) is 0 Å². The van der Waals surface area contributed by atoms with Gasteiger partial charge in [0.05, 0.1) is 11.2 Å². The van der Waals surface area contributed by atoms with Gasteiger partial charge in [-0.1, -0.05) is 25.5 Å². The first-order chi connectivity index (χ1) is 8.56. The molecule has 0 spiro atoms. The van der Waals surface area contributed by atoms with Gasteiger partial charge in [-0.05, 0) is 25.5 Å². The molecule has 1 amide bonds. The predicted molar refractivity (Wildman–Crippen MR) is 77.0 cm³/mol. The van der Waals surface area contributed by atoms with Crippen molar-refractivity contribution in [2.45, 2.75) is 37.1 Å². The second-order valence-corrected chi connectivity index (χ2v) is 6.08. The molecule has 3 nitrogen and oxygen atoms in total. The number of nitrogens with zero attached hydrogens (tertiary/aromatic N) is 1. The van der Waals surface area contributed by atoms with Crippen LogP contribution in [0.5, 0.6) is 0 Å². The first-order valence-electron chi connectivity index (χ1n) is 6.39. The number of carbonyl (C=O) groups is 1. The molecule has 1 atom stereocenters. The average molecular weight is 264 g/mol. The molecule has 1 heterocycles. The molecule has 4 heteroatoms. The molecular weight excluding hydrogens is 244 g/mol. The van der Waals surface area contributed by atoms with Crippen LogP contribution in [0.4, 0.5) is 5.69 Å². The summed E-state index contributed by atoms with van der Waals surface area (Å²) in [4.78, 5) is 15.6. The third-order valence-corrected chi connectivity index (χ3v) is 4.27. The van der Waals surface area contributed by atoms with Crippen molar-refractivity contribution in [3.8, 4) is 0 Å². The summed E-state index contributed by atoms with van der Waals surface area (Å²) in [5, 5.41) is 0. The van der Waals surface area contributed by atoms with Crippen molar-refractivity contribution in [1.29, 1.82) is 0 Å². The number of rotatable bonds is 3. The average Bonchev–Trinajstić information content (AvgIpc) is 2.37. The quantitative estimate of drug-likeness (QED) is 0.913. The van der Waals surface area contributed by atoms with Gasteiger partial charge in [-0.3, -0.25) is 4.79 Å². The van der Waals surface area contributed by atoms with Crippen molar-refractivity contribution < 1.29 is 4.79 Å². The fraction of sp³-hybridized carbons (Fsp3) is 0.500. The van der Waals surface area contributed by atoms with Gasteiger partial charge in [-0.15, -0.1) is 11.8 Å². The molecule has 0 fully saturated rings. The predicted octanol–water partition coefficient (Wildman–Crippen LogP) is 2.64. The number of nitrogens with two attached hydrogens (primary N) is 1. The fourth-order valence-electron chi connectivity index (χ4n) is 2.32. The number of anilines is 1. The number of benzene rings is 1. The molecule has 1 aromatic carbocycles. The minimum absolute atomic E-state index is 0.0390. The summed E-state index contributed by atoms with van der Waals surface area (Å²) in [6, 6.07) is 8.04. The molecule has 98 valence electrons. The van der Waals surface area contributed by atoms with Gasteiger partial charge in [0.2, 0.25) is 5.91 Å². The number of carbonyl (C=O) groups excluding carboxylic acids is 1. The van der Waals surface area contributed by atoms with Crippen LogP contribution >= 0.6 is 11.8 Å². The molecule has 2 rings (SSSR count). The topological polar surface area (TPSA) is 46.3 Å². The van der Waals surface area contributed by atoms with Crippen molar-refractivity contribution in [1.82, 2.24) is 0 Å². The molecule has 1 aromatic rings. The van der Waals surface area contributed by atoms with E-state index in [4.69, 9.17) is 5.73 Å². The van der Waals surface area contributed by atoms with E-state index in [0.29, 0.717) is 0 Å². The van der Waals surface area contributed by atoms with E-state index >= 15 is 0 Å². The van der Waals surface area contributed by atoms with Crippen molar-refractivity contribution in [3.05, 3.63) is 24.3 Å². The lowest BCUT2D eigenvalue weighted by atomic mass is 9.95. The van der Waals surface area contributed by atoms with Crippen LogP contribution in [0.2, 0.25) is 0 Å². The summed E-state index contributed by atoms with van der Waals surface area (Å²) in [6.45, 7) is 4.64. The van der Waals surface area contributed by atoms with E-state index in [2.05, 4.69) is 13.0 Å². The molecule has 1 aliphatic rings. The molecule has 0 radical (unpaired) electrons. The Morgan fingerprint density at radius 3 is 2.94 bits per heavy atom. The number of amides is 1.